The van der Waals surface area contributed by atoms with E-state index >= 15 is 0 Å². The van der Waals surface area contributed by atoms with E-state index in [0.717, 1.165) is 57.3 Å². The maximum absolute atomic E-state index is 5.33. The Kier molecular flexibility index (Phi) is 3.52. The molecule has 1 aromatic rings. The van der Waals surface area contributed by atoms with Crippen LogP contribution in [-0.4, -0.2) is 49.4 Å². The molecule has 0 bridgehead atoms. The molecule has 3 rings (SSSR count). The van der Waals surface area contributed by atoms with E-state index in [4.69, 9.17) is 4.74 Å². The third-order valence-corrected chi connectivity index (χ3v) is 3.37. The van der Waals surface area contributed by atoms with Crippen molar-refractivity contribution in [2.45, 2.75) is 6.42 Å². The first-order chi connectivity index (χ1) is 8.93. The van der Waals surface area contributed by atoms with Crippen LogP contribution >= 0.6 is 0 Å². The predicted octanol–water partition coefficient (Wildman–Crippen LogP) is 0.690. The summed E-state index contributed by atoms with van der Waals surface area (Å²) in [6, 6.07) is 0. The van der Waals surface area contributed by atoms with Crippen molar-refractivity contribution in [1.82, 2.24) is 15.3 Å². The number of ether oxygens (including phenoxy) is 1. The van der Waals surface area contributed by atoms with Crippen molar-refractivity contribution in [2.75, 3.05) is 44.3 Å². The van der Waals surface area contributed by atoms with Crippen molar-refractivity contribution in [3.05, 3.63) is 24.0 Å². The summed E-state index contributed by atoms with van der Waals surface area (Å²) in [6.07, 6.45) is 7.15. The Morgan fingerprint density at radius 1 is 1.17 bits per heavy atom. The van der Waals surface area contributed by atoms with Gasteiger partial charge in [-0.3, -0.25) is 0 Å². The lowest BCUT2D eigenvalue weighted by atomic mass is 10.0. The van der Waals surface area contributed by atoms with Gasteiger partial charge in [0.1, 0.15) is 0 Å². The highest BCUT2D eigenvalue weighted by atomic mass is 16.5. The first kappa shape index (κ1) is 11.6. The number of nitrogens with one attached hydrogen (secondary N) is 1. The number of anilines is 1. The van der Waals surface area contributed by atoms with Crippen molar-refractivity contribution in [3.8, 4) is 0 Å². The molecule has 96 valence electrons. The van der Waals surface area contributed by atoms with Crippen LogP contribution in [0.5, 0.6) is 0 Å². The van der Waals surface area contributed by atoms with Gasteiger partial charge in [0.05, 0.1) is 13.2 Å². The van der Waals surface area contributed by atoms with Gasteiger partial charge in [0.15, 0.2) is 0 Å². The molecule has 5 heteroatoms. The molecule has 5 nitrogen and oxygen atoms in total. The zero-order valence-electron chi connectivity index (χ0n) is 10.4. The minimum atomic E-state index is 0.766. The first-order valence-electron chi connectivity index (χ1n) is 6.48. The highest BCUT2D eigenvalue weighted by molar-refractivity contribution is 5.65. The minimum Gasteiger partial charge on any atom is -0.378 e. The molecule has 18 heavy (non-hydrogen) atoms. The SMILES string of the molecule is C1=C(c2cnc(N3CCOCC3)nc2)CCNC1. The summed E-state index contributed by atoms with van der Waals surface area (Å²) in [5.74, 6) is 0.816. The normalized spacial score (nSPS) is 20.7. The molecule has 0 unspecified atom stereocenters. The topological polar surface area (TPSA) is 50.3 Å². The van der Waals surface area contributed by atoms with E-state index in [1.165, 1.54) is 5.57 Å². The van der Waals surface area contributed by atoms with Gasteiger partial charge in [0, 0.05) is 37.6 Å². The molecular formula is C13H18N4O. The van der Waals surface area contributed by atoms with Crippen molar-refractivity contribution >= 4 is 11.5 Å². The van der Waals surface area contributed by atoms with Crippen molar-refractivity contribution in [2.24, 2.45) is 0 Å². The molecule has 1 saturated heterocycles. The summed E-state index contributed by atoms with van der Waals surface area (Å²) in [5.41, 5.74) is 2.50. The van der Waals surface area contributed by atoms with Crippen LogP contribution < -0.4 is 10.2 Å². The largest absolute Gasteiger partial charge is 0.378 e. The third-order valence-electron chi connectivity index (χ3n) is 3.37. The molecule has 1 N–H and O–H groups in total. The number of hydrogen-bond acceptors (Lipinski definition) is 5. The Morgan fingerprint density at radius 2 is 1.94 bits per heavy atom. The minimum absolute atomic E-state index is 0.766. The molecule has 0 amide bonds. The maximum Gasteiger partial charge on any atom is 0.225 e. The van der Waals surface area contributed by atoms with E-state index in [0.29, 0.717) is 0 Å². The quantitative estimate of drug-likeness (QED) is 0.832. The Hall–Kier alpha value is -1.46. The predicted molar refractivity (Wildman–Crippen MR) is 70.5 cm³/mol. The fraction of sp³-hybridized carbons (Fsp3) is 0.538. The zero-order chi connectivity index (χ0) is 12.2. The van der Waals surface area contributed by atoms with Gasteiger partial charge in [-0.15, -0.1) is 0 Å². The van der Waals surface area contributed by atoms with Crippen LogP contribution in [0.25, 0.3) is 5.57 Å². The number of hydrogen-bond donors (Lipinski definition) is 1. The Morgan fingerprint density at radius 3 is 2.61 bits per heavy atom. The molecule has 2 aliphatic heterocycles. The lowest BCUT2D eigenvalue weighted by molar-refractivity contribution is 0.122. The van der Waals surface area contributed by atoms with E-state index in [9.17, 15) is 0 Å². The van der Waals surface area contributed by atoms with Crippen LogP contribution in [0.3, 0.4) is 0 Å². The molecule has 0 radical (unpaired) electrons. The van der Waals surface area contributed by atoms with Gasteiger partial charge in [-0.1, -0.05) is 6.08 Å². The standard InChI is InChI=1S/C13H18N4O/c1-3-14-4-2-11(1)12-9-15-13(16-10-12)17-5-7-18-8-6-17/h1,9-10,14H,2-8H2. The van der Waals surface area contributed by atoms with E-state index in [1.807, 2.05) is 12.4 Å². The lowest BCUT2D eigenvalue weighted by Gasteiger charge is -2.26. The van der Waals surface area contributed by atoms with E-state index in [1.54, 1.807) is 0 Å². The summed E-state index contributed by atoms with van der Waals surface area (Å²) in [5, 5.41) is 3.31. The van der Waals surface area contributed by atoms with Gasteiger partial charge >= 0.3 is 0 Å². The summed E-state index contributed by atoms with van der Waals surface area (Å²) >= 11 is 0. The fourth-order valence-corrected chi connectivity index (χ4v) is 2.30. The second-order valence-electron chi connectivity index (χ2n) is 4.55. The molecule has 1 aromatic heterocycles. The van der Waals surface area contributed by atoms with Crippen LogP contribution in [-0.2, 0) is 4.74 Å². The molecular weight excluding hydrogens is 228 g/mol. The first-order valence-corrected chi connectivity index (χ1v) is 6.48. The summed E-state index contributed by atoms with van der Waals surface area (Å²) < 4.78 is 5.33. The number of morpholine rings is 1. The van der Waals surface area contributed by atoms with E-state index < -0.39 is 0 Å². The third kappa shape index (κ3) is 2.52. The fourth-order valence-electron chi connectivity index (χ4n) is 2.30. The van der Waals surface area contributed by atoms with Crippen molar-refractivity contribution < 1.29 is 4.74 Å². The second-order valence-corrected chi connectivity index (χ2v) is 4.55. The van der Waals surface area contributed by atoms with Crippen LogP contribution in [0.4, 0.5) is 5.95 Å². The molecule has 0 aromatic carbocycles. The summed E-state index contributed by atoms with van der Waals surface area (Å²) in [7, 11) is 0. The van der Waals surface area contributed by atoms with Gasteiger partial charge in [0.2, 0.25) is 5.95 Å². The van der Waals surface area contributed by atoms with Crippen LogP contribution in [0.2, 0.25) is 0 Å². The maximum atomic E-state index is 5.33. The smallest absolute Gasteiger partial charge is 0.225 e. The van der Waals surface area contributed by atoms with Crippen molar-refractivity contribution in [3.63, 3.8) is 0 Å². The summed E-state index contributed by atoms with van der Waals surface area (Å²) in [6.45, 7) is 5.28. The van der Waals surface area contributed by atoms with Gasteiger partial charge in [-0.25, -0.2) is 9.97 Å². The average molecular weight is 246 g/mol. The van der Waals surface area contributed by atoms with Gasteiger partial charge in [-0.2, -0.15) is 0 Å². The van der Waals surface area contributed by atoms with Crippen molar-refractivity contribution in [1.29, 1.82) is 0 Å². The lowest BCUT2D eigenvalue weighted by Crippen LogP contribution is -2.37. The molecule has 2 aliphatic rings. The van der Waals surface area contributed by atoms with Crippen LogP contribution in [0, 0.1) is 0 Å². The van der Waals surface area contributed by atoms with Crippen LogP contribution in [0.15, 0.2) is 18.5 Å². The summed E-state index contributed by atoms with van der Waals surface area (Å²) in [4.78, 5) is 11.1. The molecule has 0 saturated carbocycles. The zero-order valence-corrected chi connectivity index (χ0v) is 10.4. The average Bonchev–Trinajstić information content (AvgIpc) is 2.49. The molecule has 1 fully saturated rings. The molecule has 3 heterocycles. The second kappa shape index (κ2) is 5.46. The van der Waals surface area contributed by atoms with Gasteiger partial charge < -0.3 is 15.0 Å². The molecule has 0 spiro atoms. The number of aromatic nitrogens is 2. The van der Waals surface area contributed by atoms with E-state index in [-0.39, 0.29) is 0 Å². The molecule has 0 aliphatic carbocycles. The van der Waals surface area contributed by atoms with Gasteiger partial charge in [0.25, 0.3) is 0 Å². The van der Waals surface area contributed by atoms with Gasteiger partial charge in [-0.05, 0) is 18.5 Å². The molecule has 0 atom stereocenters. The highest BCUT2D eigenvalue weighted by Gasteiger charge is 2.14. The van der Waals surface area contributed by atoms with E-state index in [2.05, 4.69) is 26.3 Å². The van der Waals surface area contributed by atoms with Crippen LogP contribution in [0.1, 0.15) is 12.0 Å². The number of rotatable bonds is 2. The Balaban J connectivity index is 1.73. The monoisotopic (exact) mass is 246 g/mol. The Bertz CT molecular complexity index is 423. The Labute approximate surface area is 107 Å². The number of nitrogens with zero attached hydrogens (tertiary/aromatic N) is 3. The highest BCUT2D eigenvalue weighted by Crippen LogP contribution is 2.19.